The predicted molar refractivity (Wildman–Crippen MR) is 81.7 cm³/mol. The molecule has 1 aromatic carbocycles. The number of nitrogens with zero attached hydrogens (tertiary/aromatic N) is 2. The van der Waals surface area contributed by atoms with Crippen LogP contribution >= 0.6 is 15.9 Å². The van der Waals surface area contributed by atoms with Crippen LogP contribution in [0, 0.1) is 6.92 Å². The molecule has 0 aliphatic carbocycles. The number of aromatic nitrogens is 2. The lowest BCUT2D eigenvalue weighted by Crippen LogP contribution is -2.27. The molecule has 0 radical (unpaired) electrons. The van der Waals surface area contributed by atoms with E-state index in [9.17, 15) is 4.79 Å². The topological polar surface area (TPSA) is 44.1 Å². The van der Waals surface area contributed by atoms with Gasteiger partial charge in [0, 0.05) is 16.2 Å². The van der Waals surface area contributed by atoms with E-state index in [4.69, 9.17) is 4.74 Å². The summed E-state index contributed by atoms with van der Waals surface area (Å²) in [6.45, 7) is 7.50. The number of halogens is 1. The van der Waals surface area contributed by atoms with E-state index in [1.807, 2.05) is 45.9 Å². The first kappa shape index (κ1) is 14.8. The van der Waals surface area contributed by atoms with Crippen molar-refractivity contribution in [3.05, 3.63) is 40.6 Å². The molecule has 2 aromatic rings. The summed E-state index contributed by atoms with van der Waals surface area (Å²) in [5.74, 6) is 0. The van der Waals surface area contributed by atoms with Crippen molar-refractivity contribution in [2.24, 2.45) is 0 Å². The minimum absolute atomic E-state index is 0.476. The van der Waals surface area contributed by atoms with Gasteiger partial charge in [-0.2, -0.15) is 9.78 Å². The van der Waals surface area contributed by atoms with Crippen LogP contribution < -0.4 is 0 Å². The van der Waals surface area contributed by atoms with E-state index in [-0.39, 0.29) is 0 Å². The first-order chi connectivity index (χ1) is 9.24. The molecule has 0 saturated carbocycles. The lowest BCUT2D eigenvalue weighted by molar-refractivity contribution is 0.0514. The van der Waals surface area contributed by atoms with Gasteiger partial charge in [-0.05, 0) is 51.0 Å². The van der Waals surface area contributed by atoms with E-state index in [2.05, 4.69) is 21.0 Å². The molecule has 0 fully saturated rings. The monoisotopic (exact) mass is 336 g/mol. The normalized spacial score (nSPS) is 11.4. The van der Waals surface area contributed by atoms with Crippen molar-refractivity contribution in [2.45, 2.75) is 33.3 Å². The van der Waals surface area contributed by atoms with Crippen LogP contribution in [0.1, 0.15) is 26.3 Å². The number of ether oxygens (including phenoxy) is 1. The van der Waals surface area contributed by atoms with Gasteiger partial charge in [0.25, 0.3) is 0 Å². The first-order valence-electron chi connectivity index (χ1n) is 6.30. The second-order valence-corrected chi connectivity index (χ2v) is 6.59. The fourth-order valence-corrected chi connectivity index (χ4v) is 2.39. The van der Waals surface area contributed by atoms with E-state index in [0.29, 0.717) is 0 Å². The maximum Gasteiger partial charge on any atom is 0.435 e. The second kappa shape index (κ2) is 5.40. The lowest BCUT2D eigenvalue weighted by atomic mass is 10.1. The SMILES string of the molecule is Cc1cc(Br)cc(-c2cnn(C(=O)OC(C)(C)C)c2)c1. The zero-order valence-electron chi connectivity index (χ0n) is 12.0. The Balaban J connectivity index is 2.27. The number of benzene rings is 1. The quantitative estimate of drug-likeness (QED) is 0.774. The number of hydrogen-bond donors (Lipinski definition) is 0. The van der Waals surface area contributed by atoms with E-state index in [1.165, 1.54) is 4.68 Å². The summed E-state index contributed by atoms with van der Waals surface area (Å²) in [4.78, 5) is 11.9. The zero-order chi connectivity index (χ0) is 14.9. The average molecular weight is 337 g/mol. The molecule has 106 valence electrons. The molecule has 1 aromatic heterocycles. The standard InChI is InChI=1S/C15H17BrN2O2/c1-10-5-11(7-13(16)6-10)12-8-17-18(9-12)14(19)20-15(2,3)4/h5-9H,1-4H3. The highest BCUT2D eigenvalue weighted by Crippen LogP contribution is 2.24. The molecule has 0 N–H and O–H groups in total. The van der Waals surface area contributed by atoms with Crippen LogP contribution in [0.4, 0.5) is 4.79 Å². The molecule has 20 heavy (non-hydrogen) atoms. The first-order valence-corrected chi connectivity index (χ1v) is 7.09. The van der Waals surface area contributed by atoms with Gasteiger partial charge >= 0.3 is 6.09 Å². The van der Waals surface area contributed by atoms with Crippen LogP contribution in [0.25, 0.3) is 11.1 Å². The molecule has 2 rings (SSSR count). The van der Waals surface area contributed by atoms with E-state index >= 15 is 0 Å². The van der Waals surface area contributed by atoms with Crippen LogP contribution in [-0.4, -0.2) is 21.5 Å². The molecule has 0 unspecified atom stereocenters. The Hall–Kier alpha value is -1.62. The van der Waals surface area contributed by atoms with Gasteiger partial charge in [-0.15, -0.1) is 0 Å². The van der Waals surface area contributed by atoms with Crippen molar-refractivity contribution in [2.75, 3.05) is 0 Å². The molecule has 0 amide bonds. The maximum atomic E-state index is 11.9. The van der Waals surface area contributed by atoms with Gasteiger partial charge in [0.1, 0.15) is 5.60 Å². The van der Waals surface area contributed by atoms with Crippen LogP contribution in [0.5, 0.6) is 0 Å². The molecule has 0 aliphatic heterocycles. The summed E-state index contributed by atoms with van der Waals surface area (Å²) in [6.07, 6.45) is 2.86. The maximum absolute atomic E-state index is 11.9. The fourth-order valence-electron chi connectivity index (χ4n) is 1.78. The second-order valence-electron chi connectivity index (χ2n) is 5.67. The third kappa shape index (κ3) is 3.70. The summed E-state index contributed by atoms with van der Waals surface area (Å²) in [6, 6.07) is 6.06. The Morgan fingerprint density at radius 2 is 1.95 bits per heavy atom. The third-order valence-corrected chi connectivity index (χ3v) is 3.00. The van der Waals surface area contributed by atoms with Crippen molar-refractivity contribution in [1.82, 2.24) is 9.78 Å². The molecule has 0 saturated heterocycles. The van der Waals surface area contributed by atoms with Crippen LogP contribution in [-0.2, 0) is 4.74 Å². The molecule has 0 spiro atoms. The summed E-state index contributed by atoms with van der Waals surface area (Å²) in [7, 11) is 0. The summed E-state index contributed by atoms with van der Waals surface area (Å²) in [5, 5.41) is 4.06. The molecule has 4 nitrogen and oxygen atoms in total. The molecule has 1 heterocycles. The Bertz CT molecular complexity index is 621. The number of rotatable bonds is 1. The fraction of sp³-hybridized carbons (Fsp3) is 0.333. The van der Waals surface area contributed by atoms with E-state index in [0.717, 1.165) is 21.2 Å². The van der Waals surface area contributed by atoms with Crippen molar-refractivity contribution < 1.29 is 9.53 Å². The Labute approximate surface area is 126 Å². The van der Waals surface area contributed by atoms with Crippen LogP contribution in [0.2, 0.25) is 0 Å². The number of carbonyl (C=O) groups is 1. The van der Waals surface area contributed by atoms with E-state index in [1.54, 1.807) is 12.4 Å². The molecular formula is C15H17BrN2O2. The summed E-state index contributed by atoms with van der Waals surface area (Å²) in [5.41, 5.74) is 2.49. The minimum Gasteiger partial charge on any atom is -0.442 e. The summed E-state index contributed by atoms with van der Waals surface area (Å²) < 4.78 is 7.49. The smallest absolute Gasteiger partial charge is 0.435 e. The molecule has 0 aliphatic rings. The van der Waals surface area contributed by atoms with Gasteiger partial charge in [0.15, 0.2) is 0 Å². The molecular weight excluding hydrogens is 320 g/mol. The predicted octanol–water partition coefficient (Wildman–Crippen LogP) is 4.40. The Morgan fingerprint density at radius 3 is 2.55 bits per heavy atom. The lowest BCUT2D eigenvalue weighted by Gasteiger charge is -2.18. The molecule has 5 heteroatoms. The molecule has 0 atom stereocenters. The highest BCUT2D eigenvalue weighted by Gasteiger charge is 2.18. The highest BCUT2D eigenvalue weighted by atomic mass is 79.9. The molecule has 0 bridgehead atoms. The van der Waals surface area contributed by atoms with Gasteiger partial charge in [-0.25, -0.2) is 4.79 Å². The summed E-state index contributed by atoms with van der Waals surface area (Å²) >= 11 is 3.47. The van der Waals surface area contributed by atoms with Gasteiger partial charge in [-0.3, -0.25) is 0 Å². The van der Waals surface area contributed by atoms with Crippen molar-refractivity contribution in [1.29, 1.82) is 0 Å². The van der Waals surface area contributed by atoms with Crippen molar-refractivity contribution in [3.8, 4) is 11.1 Å². The highest BCUT2D eigenvalue weighted by molar-refractivity contribution is 9.10. The van der Waals surface area contributed by atoms with Gasteiger partial charge < -0.3 is 4.74 Å². The Morgan fingerprint density at radius 1 is 1.25 bits per heavy atom. The van der Waals surface area contributed by atoms with Crippen LogP contribution in [0.15, 0.2) is 35.1 Å². The Kier molecular flexibility index (Phi) is 3.99. The third-order valence-electron chi connectivity index (χ3n) is 2.54. The van der Waals surface area contributed by atoms with Crippen molar-refractivity contribution in [3.63, 3.8) is 0 Å². The van der Waals surface area contributed by atoms with Gasteiger partial charge in [-0.1, -0.05) is 22.0 Å². The largest absolute Gasteiger partial charge is 0.442 e. The van der Waals surface area contributed by atoms with Crippen molar-refractivity contribution >= 4 is 22.0 Å². The van der Waals surface area contributed by atoms with E-state index < -0.39 is 11.7 Å². The van der Waals surface area contributed by atoms with Gasteiger partial charge in [0.2, 0.25) is 0 Å². The van der Waals surface area contributed by atoms with Gasteiger partial charge in [0.05, 0.1) is 6.20 Å². The number of carbonyl (C=O) groups excluding carboxylic acids is 1. The minimum atomic E-state index is -0.532. The average Bonchev–Trinajstić information content (AvgIpc) is 2.74. The zero-order valence-corrected chi connectivity index (χ0v) is 13.6. The number of aryl methyl sites for hydroxylation is 1. The number of hydrogen-bond acceptors (Lipinski definition) is 3. The van der Waals surface area contributed by atoms with Crippen LogP contribution in [0.3, 0.4) is 0 Å².